The van der Waals surface area contributed by atoms with E-state index in [1.54, 1.807) is 6.20 Å². The summed E-state index contributed by atoms with van der Waals surface area (Å²) in [7, 11) is 0. The minimum atomic E-state index is -0.470. The van der Waals surface area contributed by atoms with Gasteiger partial charge in [-0.1, -0.05) is 54.6 Å². The monoisotopic (exact) mass is 334 g/mol. The van der Waals surface area contributed by atoms with Gasteiger partial charge in [-0.3, -0.25) is 4.79 Å². The van der Waals surface area contributed by atoms with Crippen molar-refractivity contribution in [2.24, 2.45) is 0 Å². The highest BCUT2D eigenvalue weighted by atomic mass is 16.5. The van der Waals surface area contributed by atoms with Gasteiger partial charge in [-0.25, -0.2) is 4.79 Å². The molecule has 5 heteroatoms. The number of alkyl carbamates (subject to hydrolysis) is 1. The van der Waals surface area contributed by atoms with Crippen LogP contribution < -0.4 is 5.32 Å². The molecule has 0 saturated carbocycles. The molecule has 0 unspecified atom stereocenters. The number of fused-ring (bicyclic) bond motifs is 1. The van der Waals surface area contributed by atoms with Crippen molar-refractivity contribution in [2.45, 2.75) is 6.61 Å². The van der Waals surface area contributed by atoms with Gasteiger partial charge >= 0.3 is 6.09 Å². The molecule has 3 aromatic rings. The van der Waals surface area contributed by atoms with Crippen molar-refractivity contribution in [3.63, 3.8) is 0 Å². The Kier molecular flexibility index (Phi) is 5.26. The van der Waals surface area contributed by atoms with Crippen LogP contribution in [0.4, 0.5) is 4.79 Å². The van der Waals surface area contributed by atoms with E-state index in [0.29, 0.717) is 12.1 Å². The lowest BCUT2D eigenvalue weighted by molar-refractivity contribution is 0.112. The predicted octanol–water partition coefficient (Wildman–Crippen LogP) is 3.92. The number of aromatic nitrogens is 1. The van der Waals surface area contributed by atoms with Crippen molar-refractivity contribution in [1.82, 2.24) is 10.3 Å². The molecular formula is C20H18N2O3. The maximum atomic E-state index is 11.7. The molecule has 1 aromatic heterocycles. The largest absolute Gasteiger partial charge is 0.445 e. The van der Waals surface area contributed by atoms with Crippen LogP contribution in [0.15, 0.2) is 60.8 Å². The molecule has 0 radical (unpaired) electrons. The zero-order chi connectivity index (χ0) is 17.5. The first-order valence-electron chi connectivity index (χ1n) is 7.94. The van der Waals surface area contributed by atoms with Crippen LogP contribution in [-0.4, -0.2) is 23.9 Å². The average molecular weight is 334 g/mol. The number of carbonyl (C=O) groups is 2. The molecule has 126 valence electrons. The molecule has 0 spiro atoms. The van der Waals surface area contributed by atoms with Gasteiger partial charge in [-0.2, -0.15) is 0 Å². The minimum Gasteiger partial charge on any atom is -0.445 e. The Morgan fingerprint density at radius 3 is 2.72 bits per heavy atom. The zero-order valence-corrected chi connectivity index (χ0v) is 13.6. The summed E-state index contributed by atoms with van der Waals surface area (Å²) in [5, 5.41) is 3.54. The molecular weight excluding hydrogens is 316 g/mol. The summed E-state index contributed by atoms with van der Waals surface area (Å²) in [5.74, 6) is 0. The highest BCUT2D eigenvalue weighted by molar-refractivity contribution is 6.01. The fraction of sp³-hybridized carbons (Fsp3) is 0.100. The lowest BCUT2D eigenvalue weighted by Crippen LogP contribution is -2.24. The molecule has 1 amide bonds. The molecule has 0 saturated heterocycles. The third-order valence-electron chi connectivity index (χ3n) is 3.77. The van der Waals surface area contributed by atoms with E-state index in [-0.39, 0.29) is 6.61 Å². The first-order chi connectivity index (χ1) is 12.3. The molecule has 5 nitrogen and oxygen atoms in total. The van der Waals surface area contributed by atoms with Crippen molar-refractivity contribution in [2.75, 3.05) is 6.54 Å². The maximum absolute atomic E-state index is 11.7. The Balaban J connectivity index is 1.54. The van der Waals surface area contributed by atoms with Gasteiger partial charge in [-0.05, 0) is 17.2 Å². The smallest absolute Gasteiger partial charge is 0.407 e. The maximum Gasteiger partial charge on any atom is 0.407 e. The van der Waals surface area contributed by atoms with Crippen LogP contribution in [-0.2, 0) is 11.3 Å². The van der Waals surface area contributed by atoms with Crippen molar-refractivity contribution in [1.29, 1.82) is 0 Å². The van der Waals surface area contributed by atoms with E-state index in [1.807, 2.05) is 60.7 Å². The number of hydrogen-bond donors (Lipinski definition) is 2. The van der Waals surface area contributed by atoms with Crippen LogP contribution >= 0.6 is 0 Å². The summed E-state index contributed by atoms with van der Waals surface area (Å²) in [5.41, 5.74) is 3.37. The molecule has 0 atom stereocenters. The lowest BCUT2D eigenvalue weighted by atomic mass is 10.1. The Hall–Kier alpha value is -3.34. The van der Waals surface area contributed by atoms with E-state index in [1.165, 1.54) is 0 Å². The van der Waals surface area contributed by atoms with Crippen LogP contribution in [0.3, 0.4) is 0 Å². The summed E-state index contributed by atoms with van der Waals surface area (Å²) >= 11 is 0. The first kappa shape index (κ1) is 16.5. The van der Waals surface area contributed by atoms with Gasteiger partial charge in [0.2, 0.25) is 0 Å². The molecule has 0 aliphatic rings. The Morgan fingerprint density at radius 1 is 1.08 bits per heavy atom. The number of amides is 1. The van der Waals surface area contributed by atoms with Gasteiger partial charge in [0, 0.05) is 29.2 Å². The highest BCUT2D eigenvalue weighted by Gasteiger charge is 2.05. The number of carbonyl (C=O) groups excluding carboxylic acids is 2. The summed E-state index contributed by atoms with van der Waals surface area (Å²) in [6, 6.07) is 15.3. The molecule has 0 aliphatic carbocycles. The summed E-state index contributed by atoms with van der Waals surface area (Å²) in [4.78, 5) is 25.9. The van der Waals surface area contributed by atoms with Crippen molar-refractivity contribution in [3.05, 3.63) is 77.5 Å². The van der Waals surface area contributed by atoms with Gasteiger partial charge in [0.05, 0.1) is 0 Å². The normalized spacial score (nSPS) is 10.9. The number of H-pyrrole nitrogens is 1. The van der Waals surface area contributed by atoms with Crippen LogP contribution in [0.25, 0.3) is 17.0 Å². The SMILES string of the molecule is O=Cc1c[nH]c2cccc(C=CCNC(=O)OCc3ccccc3)c12. The number of aromatic amines is 1. The van der Waals surface area contributed by atoms with Gasteiger partial charge in [0.1, 0.15) is 6.61 Å². The molecule has 25 heavy (non-hydrogen) atoms. The van der Waals surface area contributed by atoms with Crippen molar-refractivity contribution < 1.29 is 14.3 Å². The van der Waals surface area contributed by atoms with E-state index in [4.69, 9.17) is 4.74 Å². The fourth-order valence-electron chi connectivity index (χ4n) is 2.57. The Labute approximate surface area is 145 Å². The quantitative estimate of drug-likeness (QED) is 0.671. The molecule has 0 aliphatic heterocycles. The zero-order valence-electron chi connectivity index (χ0n) is 13.6. The summed E-state index contributed by atoms with van der Waals surface area (Å²) in [6.07, 6.45) is 5.74. The number of nitrogens with one attached hydrogen (secondary N) is 2. The molecule has 1 heterocycles. The average Bonchev–Trinajstić information content (AvgIpc) is 3.08. The van der Waals surface area contributed by atoms with Crippen LogP contribution in [0.1, 0.15) is 21.5 Å². The second-order valence-electron chi connectivity index (χ2n) is 5.48. The number of hydrogen-bond acceptors (Lipinski definition) is 3. The minimum absolute atomic E-state index is 0.238. The number of benzene rings is 2. The molecule has 3 rings (SSSR count). The first-order valence-corrected chi connectivity index (χ1v) is 7.94. The van der Waals surface area contributed by atoms with Crippen molar-refractivity contribution in [3.8, 4) is 0 Å². The van der Waals surface area contributed by atoms with E-state index in [2.05, 4.69) is 10.3 Å². The second-order valence-corrected chi connectivity index (χ2v) is 5.48. The topological polar surface area (TPSA) is 71.2 Å². The number of rotatable bonds is 6. The Bertz CT molecular complexity index is 898. The molecule has 0 fully saturated rings. The Morgan fingerprint density at radius 2 is 1.92 bits per heavy atom. The lowest BCUT2D eigenvalue weighted by Gasteiger charge is -2.05. The number of aldehydes is 1. The van der Waals surface area contributed by atoms with Gasteiger partial charge in [-0.15, -0.1) is 0 Å². The van der Waals surface area contributed by atoms with Crippen LogP contribution in [0.5, 0.6) is 0 Å². The van der Waals surface area contributed by atoms with Crippen LogP contribution in [0, 0.1) is 0 Å². The van der Waals surface area contributed by atoms with Gasteiger partial charge < -0.3 is 15.0 Å². The second kappa shape index (κ2) is 7.97. The molecule has 2 aromatic carbocycles. The van der Waals surface area contributed by atoms with E-state index in [9.17, 15) is 9.59 Å². The van der Waals surface area contributed by atoms with Crippen molar-refractivity contribution >= 4 is 29.4 Å². The van der Waals surface area contributed by atoms with E-state index >= 15 is 0 Å². The third kappa shape index (κ3) is 4.14. The fourth-order valence-corrected chi connectivity index (χ4v) is 2.57. The molecule has 2 N–H and O–H groups in total. The van der Waals surface area contributed by atoms with E-state index in [0.717, 1.165) is 28.3 Å². The highest BCUT2D eigenvalue weighted by Crippen LogP contribution is 2.22. The van der Waals surface area contributed by atoms with Gasteiger partial charge in [0.15, 0.2) is 6.29 Å². The van der Waals surface area contributed by atoms with E-state index < -0.39 is 6.09 Å². The summed E-state index contributed by atoms with van der Waals surface area (Å²) in [6.45, 7) is 0.576. The number of ether oxygens (including phenoxy) is 1. The van der Waals surface area contributed by atoms with Crippen LogP contribution in [0.2, 0.25) is 0 Å². The molecule has 0 bridgehead atoms. The summed E-state index contributed by atoms with van der Waals surface area (Å²) < 4.78 is 5.14. The van der Waals surface area contributed by atoms with Gasteiger partial charge in [0.25, 0.3) is 0 Å². The third-order valence-corrected chi connectivity index (χ3v) is 3.77. The standard InChI is InChI=1S/C20H18N2O3/c23-13-17-12-22-18-10-4-8-16(19(17)18)9-5-11-21-20(24)25-14-15-6-2-1-3-7-15/h1-10,12-13,22H,11,14H2,(H,21,24). The predicted molar refractivity (Wildman–Crippen MR) is 97.3 cm³/mol.